The molecule has 0 heterocycles. The van der Waals surface area contributed by atoms with Gasteiger partial charge in [0.25, 0.3) is 0 Å². The van der Waals surface area contributed by atoms with E-state index < -0.39 is 11.7 Å². The molecule has 1 aromatic rings. The number of nitrogens with zero attached hydrogens (tertiary/aromatic N) is 1. The summed E-state index contributed by atoms with van der Waals surface area (Å²) in [4.78, 5) is 1.88. The Kier molecular flexibility index (Phi) is 5.87. The Morgan fingerprint density at radius 1 is 1.30 bits per heavy atom. The van der Waals surface area contributed by atoms with Gasteiger partial charge in [-0.3, -0.25) is 0 Å². The summed E-state index contributed by atoms with van der Waals surface area (Å²) in [6, 6.07) is 4.56. The lowest BCUT2D eigenvalue weighted by molar-refractivity contribution is -0.138. The van der Waals surface area contributed by atoms with Crippen molar-refractivity contribution in [2.75, 3.05) is 25.5 Å². The van der Waals surface area contributed by atoms with Crippen LogP contribution in [0.3, 0.4) is 0 Å². The predicted molar refractivity (Wildman–Crippen MR) is 76.9 cm³/mol. The van der Waals surface area contributed by atoms with Gasteiger partial charge in [-0.1, -0.05) is 26.3 Å². The van der Waals surface area contributed by atoms with Crippen LogP contribution < -0.4 is 10.2 Å². The van der Waals surface area contributed by atoms with Crippen LogP contribution in [0.2, 0.25) is 0 Å². The smallest absolute Gasteiger partial charge is 0.374 e. The molecular weight excluding hydrogens is 265 g/mol. The quantitative estimate of drug-likeness (QED) is 0.854. The molecule has 1 atom stereocenters. The van der Waals surface area contributed by atoms with E-state index in [0.717, 1.165) is 13.0 Å². The molecule has 114 valence electrons. The Balaban J connectivity index is 3.06. The number of rotatable bonds is 6. The molecule has 0 amide bonds. The number of hydrogen-bond donors (Lipinski definition) is 1. The molecule has 0 spiro atoms. The van der Waals surface area contributed by atoms with E-state index in [-0.39, 0.29) is 12.1 Å². The first kappa shape index (κ1) is 16.8. The molecular formula is C15H23F3N2. The van der Waals surface area contributed by atoms with E-state index >= 15 is 0 Å². The van der Waals surface area contributed by atoms with Crippen LogP contribution in [0.5, 0.6) is 0 Å². The number of benzene rings is 1. The fourth-order valence-electron chi connectivity index (χ4n) is 2.11. The van der Waals surface area contributed by atoms with Crippen LogP contribution in [-0.4, -0.2) is 20.6 Å². The van der Waals surface area contributed by atoms with Gasteiger partial charge >= 0.3 is 6.18 Å². The lowest BCUT2D eigenvalue weighted by atomic mass is 10.0. The Morgan fingerprint density at radius 3 is 2.45 bits per heavy atom. The highest BCUT2D eigenvalue weighted by atomic mass is 19.4. The minimum absolute atomic E-state index is 0.213. The zero-order chi connectivity index (χ0) is 15.3. The van der Waals surface area contributed by atoms with Crippen LogP contribution in [0.25, 0.3) is 0 Å². The summed E-state index contributed by atoms with van der Waals surface area (Å²) >= 11 is 0. The number of nitrogens with one attached hydrogen (secondary N) is 1. The molecule has 1 unspecified atom stereocenters. The highest BCUT2D eigenvalue weighted by Crippen LogP contribution is 2.34. The molecule has 0 aliphatic heterocycles. The molecule has 0 aromatic heterocycles. The summed E-state index contributed by atoms with van der Waals surface area (Å²) in [5.74, 6) is 0.450. The summed E-state index contributed by atoms with van der Waals surface area (Å²) in [5.41, 5.74) is 0.332. The van der Waals surface area contributed by atoms with Crippen LogP contribution in [-0.2, 0) is 12.7 Å². The number of hydrogen-bond acceptors (Lipinski definition) is 2. The minimum Gasteiger partial charge on any atom is -0.374 e. The third kappa shape index (κ3) is 4.40. The van der Waals surface area contributed by atoms with Crippen LogP contribution in [0.1, 0.15) is 31.4 Å². The normalized spacial score (nSPS) is 13.3. The van der Waals surface area contributed by atoms with E-state index in [1.807, 2.05) is 11.9 Å². The van der Waals surface area contributed by atoms with Crippen molar-refractivity contribution in [1.29, 1.82) is 0 Å². The molecule has 1 N–H and O–H groups in total. The van der Waals surface area contributed by atoms with Gasteiger partial charge in [0.1, 0.15) is 0 Å². The maximum absolute atomic E-state index is 13.1. The van der Waals surface area contributed by atoms with Crippen molar-refractivity contribution in [2.45, 2.75) is 33.0 Å². The predicted octanol–water partition coefficient (Wildman–Crippen LogP) is 3.91. The lowest BCUT2D eigenvalue weighted by Gasteiger charge is -2.24. The average molecular weight is 288 g/mol. The van der Waals surface area contributed by atoms with Gasteiger partial charge in [-0.05, 0) is 30.7 Å². The summed E-state index contributed by atoms with van der Waals surface area (Å²) in [6.45, 7) is 5.13. The van der Waals surface area contributed by atoms with Crippen molar-refractivity contribution in [3.05, 3.63) is 29.3 Å². The first-order chi connectivity index (χ1) is 9.29. The monoisotopic (exact) mass is 288 g/mol. The summed E-state index contributed by atoms with van der Waals surface area (Å²) in [6.07, 6.45) is -3.31. The SMILES string of the molecule is CCC(C)CN(C)c1ccc(CNC)c(C(F)(F)F)c1. The second-order valence-electron chi connectivity index (χ2n) is 5.26. The topological polar surface area (TPSA) is 15.3 Å². The first-order valence-corrected chi connectivity index (χ1v) is 6.85. The van der Waals surface area contributed by atoms with E-state index in [9.17, 15) is 13.2 Å². The van der Waals surface area contributed by atoms with Gasteiger partial charge in [-0.2, -0.15) is 13.2 Å². The van der Waals surface area contributed by atoms with Gasteiger partial charge in [0, 0.05) is 25.8 Å². The number of alkyl halides is 3. The molecule has 20 heavy (non-hydrogen) atoms. The van der Waals surface area contributed by atoms with E-state index in [1.165, 1.54) is 6.07 Å². The molecule has 2 nitrogen and oxygen atoms in total. The zero-order valence-electron chi connectivity index (χ0n) is 12.5. The Labute approximate surface area is 119 Å². The first-order valence-electron chi connectivity index (χ1n) is 6.85. The van der Waals surface area contributed by atoms with Gasteiger partial charge in [0.05, 0.1) is 5.56 Å². The number of halogens is 3. The molecule has 0 saturated carbocycles. The fourth-order valence-corrected chi connectivity index (χ4v) is 2.11. The Bertz CT molecular complexity index is 430. The molecule has 0 fully saturated rings. The molecule has 0 bridgehead atoms. The Hall–Kier alpha value is -1.23. The lowest BCUT2D eigenvalue weighted by Crippen LogP contribution is -2.24. The van der Waals surface area contributed by atoms with Crippen LogP contribution >= 0.6 is 0 Å². The minimum atomic E-state index is -4.32. The number of anilines is 1. The molecule has 0 saturated heterocycles. The summed E-state index contributed by atoms with van der Waals surface area (Å²) in [7, 11) is 3.47. The van der Waals surface area contributed by atoms with Gasteiger partial charge in [-0.25, -0.2) is 0 Å². The highest BCUT2D eigenvalue weighted by Gasteiger charge is 2.33. The average Bonchev–Trinajstić information content (AvgIpc) is 2.38. The van der Waals surface area contributed by atoms with Gasteiger partial charge < -0.3 is 10.2 Å². The zero-order valence-corrected chi connectivity index (χ0v) is 12.5. The van der Waals surface area contributed by atoms with Crippen LogP contribution in [0.4, 0.5) is 18.9 Å². The summed E-state index contributed by atoms with van der Waals surface area (Å²) < 4.78 is 39.3. The Morgan fingerprint density at radius 2 is 1.95 bits per heavy atom. The largest absolute Gasteiger partial charge is 0.416 e. The third-order valence-electron chi connectivity index (χ3n) is 3.49. The van der Waals surface area contributed by atoms with E-state index in [1.54, 1.807) is 19.2 Å². The maximum Gasteiger partial charge on any atom is 0.416 e. The van der Waals surface area contributed by atoms with Crippen molar-refractivity contribution in [3.63, 3.8) is 0 Å². The van der Waals surface area contributed by atoms with Crippen molar-refractivity contribution >= 4 is 5.69 Å². The van der Waals surface area contributed by atoms with E-state index in [0.29, 0.717) is 11.6 Å². The fraction of sp³-hybridized carbons (Fsp3) is 0.600. The molecule has 5 heteroatoms. The second-order valence-corrected chi connectivity index (χ2v) is 5.26. The molecule has 0 aliphatic carbocycles. The second kappa shape index (κ2) is 6.97. The van der Waals surface area contributed by atoms with Crippen molar-refractivity contribution < 1.29 is 13.2 Å². The van der Waals surface area contributed by atoms with Gasteiger partial charge in [0.2, 0.25) is 0 Å². The highest BCUT2D eigenvalue weighted by molar-refractivity contribution is 5.51. The van der Waals surface area contributed by atoms with Crippen molar-refractivity contribution in [1.82, 2.24) is 5.32 Å². The standard InChI is InChI=1S/C15H23F3N2/c1-5-11(2)10-20(4)13-7-6-12(9-19-3)14(8-13)15(16,17)18/h6-8,11,19H,5,9-10H2,1-4H3. The molecule has 0 aliphatic rings. The van der Waals surface area contributed by atoms with Gasteiger partial charge in [0.15, 0.2) is 0 Å². The molecule has 1 aromatic carbocycles. The van der Waals surface area contributed by atoms with Gasteiger partial charge in [-0.15, -0.1) is 0 Å². The van der Waals surface area contributed by atoms with E-state index in [2.05, 4.69) is 19.2 Å². The van der Waals surface area contributed by atoms with Crippen molar-refractivity contribution in [2.24, 2.45) is 5.92 Å². The van der Waals surface area contributed by atoms with E-state index in [4.69, 9.17) is 0 Å². The summed E-state index contributed by atoms with van der Waals surface area (Å²) in [5, 5.41) is 2.77. The maximum atomic E-state index is 13.1. The third-order valence-corrected chi connectivity index (χ3v) is 3.49. The van der Waals surface area contributed by atoms with Crippen LogP contribution in [0, 0.1) is 5.92 Å². The van der Waals surface area contributed by atoms with Crippen LogP contribution in [0.15, 0.2) is 18.2 Å². The van der Waals surface area contributed by atoms with Crippen molar-refractivity contribution in [3.8, 4) is 0 Å². The molecule has 1 rings (SSSR count). The molecule has 0 radical (unpaired) electrons.